The highest BCUT2D eigenvalue weighted by Crippen LogP contribution is 2.37. The smallest absolute Gasteiger partial charge is 0.123 e. The van der Waals surface area contributed by atoms with Gasteiger partial charge in [0, 0.05) is 10.0 Å². The minimum absolute atomic E-state index is 0.197. The Morgan fingerprint density at radius 1 is 1.21 bits per heavy atom. The van der Waals surface area contributed by atoms with Crippen LogP contribution in [0.4, 0.5) is 0 Å². The molecule has 1 aliphatic heterocycles. The van der Waals surface area contributed by atoms with Crippen molar-refractivity contribution >= 4 is 27.0 Å². The van der Waals surface area contributed by atoms with Gasteiger partial charge in [0.05, 0.1) is 17.0 Å². The SMILES string of the molecule is Brc1ccc2nc(C3COc4ccccc43)[nH]c2c1. The second kappa shape index (κ2) is 4.10. The van der Waals surface area contributed by atoms with Crippen LogP contribution in [0.2, 0.25) is 0 Å². The highest BCUT2D eigenvalue weighted by atomic mass is 79.9. The molecule has 0 fully saturated rings. The Morgan fingerprint density at radius 2 is 2.11 bits per heavy atom. The number of ether oxygens (including phenoxy) is 1. The van der Waals surface area contributed by atoms with Gasteiger partial charge in [-0.15, -0.1) is 0 Å². The lowest BCUT2D eigenvalue weighted by Crippen LogP contribution is -2.04. The summed E-state index contributed by atoms with van der Waals surface area (Å²) in [4.78, 5) is 8.08. The van der Waals surface area contributed by atoms with Crippen molar-refractivity contribution in [2.24, 2.45) is 0 Å². The normalized spacial score (nSPS) is 17.4. The van der Waals surface area contributed by atoms with Gasteiger partial charge in [0.25, 0.3) is 0 Å². The number of nitrogens with zero attached hydrogens (tertiary/aromatic N) is 1. The molecule has 1 aliphatic rings. The average Bonchev–Trinajstić information content (AvgIpc) is 3.00. The predicted molar refractivity (Wildman–Crippen MR) is 77.6 cm³/mol. The zero-order valence-electron chi connectivity index (χ0n) is 10.1. The van der Waals surface area contributed by atoms with Crippen LogP contribution in [0.25, 0.3) is 11.0 Å². The predicted octanol–water partition coefficient (Wildman–Crippen LogP) is 3.85. The van der Waals surface area contributed by atoms with Gasteiger partial charge in [0.1, 0.15) is 18.2 Å². The van der Waals surface area contributed by atoms with Crippen LogP contribution in [0.5, 0.6) is 5.75 Å². The fourth-order valence-corrected chi connectivity index (χ4v) is 2.92. The topological polar surface area (TPSA) is 37.9 Å². The van der Waals surface area contributed by atoms with Gasteiger partial charge in [-0.2, -0.15) is 0 Å². The van der Waals surface area contributed by atoms with E-state index in [4.69, 9.17) is 4.74 Å². The van der Waals surface area contributed by atoms with Gasteiger partial charge in [-0.3, -0.25) is 0 Å². The molecule has 0 saturated heterocycles. The Bertz CT molecular complexity index is 766. The monoisotopic (exact) mass is 314 g/mol. The molecule has 1 aromatic heterocycles. The maximum Gasteiger partial charge on any atom is 0.123 e. The van der Waals surface area contributed by atoms with E-state index in [-0.39, 0.29) is 5.92 Å². The molecule has 0 amide bonds. The second-order valence-electron chi connectivity index (χ2n) is 4.68. The van der Waals surface area contributed by atoms with E-state index in [2.05, 4.69) is 32.0 Å². The van der Waals surface area contributed by atoms with Crippen LogP contribution in [0.1, 0.15) is 17.3 Å². The standard InChI is InChI=1S/C15H11BrN2O/c16-9-5-6-12-13(7-9)18-15(17-12)11-8-19-14-4-2-1-3-10(11)14/h1-7,11H,8H2,(H,17,18). The molecule has 0 radical (unpaired) electrons. The third-order valence-electron chi connectivity index (χ3n) is 3.49. The van der Waals surface area contributed by atoms with Crippen molar-refractivity contribution in [3.05, 3.63) is 58.3 Å². The third-order valence-corrected chi connectivity index (χ3v) is 3.99. The lowest BCUT2D eigenvalue weighted by Gasteiger charge is -2.03. The molecule has 1 N–H and O–H groups in total. The summed E-state index contributed by atoms with van der Waals surface area (Å²) in [5.41, 5.74) is 3.25. The number of aromatic amines is 1. The van der Waals surface area contributed by atoms with Crippen LogP contribution in [0, 0.1) is 0 Å². The summed E-state index contributed by atoms with van der Waals surface area (Å²) in [5, 5.41) is 0. The van der Waals surface area contributed by atoms with E-state index in [0.717, 1.165) is 27.1 Å². The van der Waals surface area contributed by atoms with E-state index in [1.807, 2.05) is 36.4 Å². The quantitative estimate of drug-likeness (QED) is 0.741. The number of hydrogen-bond acceptors (Lipinski definition) is 2. The number of fused-ring (bicyclic) bond motifs is 2. The van der Waals surface area contributed by atoms with E-state index in [9.17, 15) is 0 Å². The summed E-state index contributed by atoms with van der Waals surface area (Å²) < 4.78 is 6.77. The molecular formula is C15H11BrN2O. The van der Waals surface area contributed by atoms with Gasteiger partial charge in [-0.25, -0.2) is 4.98 Å². The molecule has 94 valence electrons. The van der Waals surface area contributed by atoms with Crippen molar-refractivity contribution in [3.8, 4) is 5.75 Å². The Labute approximate surface area is 118 Å². The third kappa shape index (κ3) is 1.75. The Hall–Kier alpha value is -1.81. The summed E-state index contributed by atoms with van der Waals surface area (Å²) in [6.45, 7) is 0.653. The molecule has 0 aliphatic carbocycles. The molecule has 3 nitrogen and oxygen atoms in total. The fourth-order valence-electron chi connectivity index (χ4n) is 2.56. The first-order chi connectivity index (χ1) is 9.31. The zero-order valence-corrected chi connectivity index (χ0v) is 11.6. The maximum absolute atomic E-state index is 5.72. The zero-order chi connectivity index (χ0) is 12.8. The van der Waals surface area contributed by atoms with Crippen LogP contribution in [-0.2, 0) is 0 Å². The maximum atomic E-state index is 5.72. The number of halogens is 1. The van der Waals surface area contributed by atoms with Crippen molar-refractivity contribution in [2.75, 3.05) is 6.61 Å². The van der Waals surface area contributed by atoms with Crippen LogP contribution < -0.4 is 4.74 Å². The lowest BCUT2D eigenvalue weighted by atomic mass is 10.0. The molecule has 1 atom stereocenters. The molecule has 3 aromatic rings. The number of benzene rings is 2. The largest absolute Gasteiger partial charge is 0.492 e. The highest BCUT2D eigenvalue weighted by molar-refractivity contribution is 9.10. The van der Waals surface area contributed by atoms with Gasteiger partial charge in [-0.05, 0) is 24.3 Å². The Morgan fingerprint density at radius 3 is 3.05 bits per heavy atom. The number of nitrogens with one attached hydrogen (secondary N) is 1. The van der Waals surface area contributed by atoms with Crippen molar-refractivity contribution in [1.82, 2.24) is 9.97 Å². The number of hydrogen-bond donors (Lipinski definition) is 1. The molecule has 0 spiro atoms. The first-order valence-corrected chi connectivity index (χ1v) is 6.97. The van der Waals surface area contributed by atoms with E-state index >= 15 is 0 Å². The van der Waals surface area contributed by atoms with Gasteiger partial charge < -0.3 is 9.72 Å². The number of imidazole rings is 1. The molecule has 4 heteroatoms. The van der Waals surface area contributed by atoms with Gasteiger partial charge in [0.15, 0.2) is 0 Å². The first-order valence-electron chi connectivity index (χ1n) is 6.18. The Balaban J connectivity index is 1.83. The summed E-state index contributed by atoms with van der Waals surface area (Å²) >= 11 is 3.48. The van der Waals surface area contributed by atoms with Crippen LogP contribution in [0.3, 0.4) is 0 Å². The molecule has 1 unspecified atom stereocenters. The lowest BCUT2D eigenvalue weighted by molar-refractivity contribution is 0.340. The summed E-state index contributed by atoms with van der Waals surface area (Å²) in [5.74, 6) is 2.13. The van der Waals surface area contributed by atoms with Crippen molar-refractivity contribution in [2.45, 2.75) is 5.92 Å². The number of rotatable bonds is 1. The first kappa shape index (κ1) is 11.1. The number of para-hydroxylation sites is 1. The van der Waals surface area contributed by atoms with Crippen molar-refractivity contribution in [1.29, 1.82) is 0 Å². The fraction of sp³-hybridized carbons (Fsp3) is 0.133. The minimum Gasteiger partial charge on any atom is -0.492 e. The molecular weight excluding hydrogens is 304 g/mol. The molecule has 2 heterocycles. The van der Waals surface area contributed by atoms with E-state index in [1.165, 1.54) is 5.56 Å². The van der Waals surface area contributed by atoms with Gasteiger partial charge in [-0.1, -0.05) is 34.1 Å². The van der Waals surface area contributed by atoms with E-state index in [1.54, 1.807) is 0 Å². The van der Waals surface area contributed by atoms with Crippen LogP contribution in [0.15, 0.2) is 46.9 Å². The summed E-state index contributed by atoms with van der Waals surface area (Å²) in [6, 6.07) is 14.2. The van der Waals surface area contributed by atoms with Gasteiger partial charge in [0.2, 0.25) is 0 Å². The Kier molecular flexibility index (Phi) is 2.38. The molecule has 4 rings (SSSR count). The molecule has 0 saturated carbocycles. The minimum atomic E-state index is 0.197. The average molecular weight is 315 g/mol. The van der Waals surface area contributed by atoms with E-state index in [0.29, 0.717) is 6.61 Å². The van der Waals surface area contributed by atoms with Crippen LogP contribution >= 0.6 is 15.9 Å². The summed E-state index contributed by atoms with van der Waals surface area (Å²) in [6.07, 6.45) is 0. The number of H-pyrrole nitrogens is 1. The van der Waals surface area contributed by atoms with Crippen molar-refractivity contribution < 1.29 is 4.74 Å². The summed E-state index contributed by atoms with van der Waals surface area (Å²) in [7, 11) is 0. The van der Waals surface area contributed by atoms with Gasteiger partial charge >= 0.3 is 0 Å². The number of aromatic nitrogens is 2. The molecule has 2 aromatic carbocycles. The highest BCUT2D eigenvalue weighted by Gasteiger charge is 2.27. The van der Waals surface area contributed by atoms with E-state index < -0.39 is 0 Å². The van der Waals surface area contributed by atoms with Crippen LogP contribution in [-0.4, -0.2) is 16.6 Å². The molecule has 19 heavy (non-hydrogen) atoms. The van der Waals surface area contributed by atoms with Crippen molar-refractivity contribution in [3.63, 3.8) is 0 Å². The molecule has 0 bridgehead atoms. The second-order valence-corrected chi connectivity index (χ2v) is 5.60.